The fourth-order valence-electron chi connectivity index (χ4n) is 2.47. The van der Waals surface area contributed by atoms with Crippen LogP contribution in [0.3, 0.4) is 0 Å². The molecule has 3 N–H and O–H groups in total. The third-order valence-corrected chi connectivity index (χ3v) is 3.34. The number of ether oxygens (including phenoxy) is 2. The summed E-state index contributed by atoms with van der Waals surface area (Å²) in [5, 5.41) is 8.84. The highest BCUT2D eigenvalue weighted by Crippen LogP contribution is 2.40. The summed E-state index contributed by atoms with van der Waals surface area (Å²) in [6.45, 7) is 1.28. The second kappa shape index (κ2) is 5.36. The van der Waals surface area contributed by atoms with E-state index in [1.165, 1.54) is 0 Å². The first-order valence-corrected chi connectivity index (χ1v) is 6.03. The molecule has 0 unspecified atom stereocenters. The molecule has 1 aromatic carbocycles. The summed E-state index contributed by atoms with van der Waals surface area (Å²) in [6, 6.07) is 1.87. The highest BCUT2D eigenvalue weighted by Gasteiger charge is 2.24. The van der Waals surface area contributed by atoms with E-state index >= 15 is 0 Å². The van der Waals surface area contributed by atoms with Crippen molar-refractivity contribution in [2.45, 2.75) is 13.0 Å². The predicted molar refractivity (Wildman–Crippen MR) is 70.6 cm³/mol. The van der Waals surface area contributed by atoms with Gasteiger partial charge in [-0.1, -0.05) is 0 Å². The van der Waals surface area contributed by atoms with Gasteiger partial charge in [-0.25, -0.2) is 0 Å². The van der Waals surface area contributed by atoms with Gasteiger partial charge in [0, 0.05) is 13.1 Å². The van der Waals surface area contributed by atoms with Crippen molar-refractivity contribution < 1.29 is 19.4 Å². The van der Waals surface area contributed by atoms with Crippen molar-refractivity contribution in [1.29, 1.82) is 0 Å². The zero-order valence-electron chi connectivity index (χ0n) is 11.1. The van der Waals surface area contributed by atoms with E-state index in [1.807, 2.05) is 11.0 Å². The predicted octanol–water partition coefficient (Wildman–Crippen LogP) is 0.729. The third kappa shape index (κ3) is 2.58. The Morgan fingerprint density at radius 3 is 2.79 bits per heavy atom. The number of aliphatic carboxylic acids is 1. The summed E-state index contributed by atoms with van der Waals surface area (Å²) in [7, 11) is 3.11. The summed E-state index contributed by atoms with van der Waals surface area (Å²) in [6.07, 6.45) is 0.717. The lowest BCUT2D eigenvalue weighted by Crippen LogP contribution is -2.35. The third-order valence-electron chi connectivity index (χ3n) is 3.34. The minimum atomic E-state index is -0.822. The molecule has 1 aliphatic heterocycles. The first-order valence-electron chi connectivity index (χ1n) is 6.03. The molecule has 1 aliphatic rings. The first-order chi connectivity index (χ1) is 9.06. The lowest BCUT2D eigenvalue weighted by atomic mass is 9.96. The van der Waals surface area contributed by atoms with E-state index in [1.54, 1.807) is 14.2 Å². The number of carbonyl (C=O) groups is 1. The first kappa shape index (κ1) is 13.5. The zero-order valence-corrected chi connectivity index (χ0v) is 11.1. The fraction of sp³-hybridized carbons (Fsp3) is 0.462. The molecule has 0 bridgehead atoms. The maximum absolute atomic E-state index is 10.8. The van der Waals surface area contributed by atoms with Gasteiger partial charge in [0.2, 0.25) is 0 Å². The van der Waals surface area contributed by atoms with Gasteiger partial charge in [0.15, 0.2) is 11.5 Å². The Morgan fingerprint density at radius 1 is 1.47 bits per heavy atom. The van der Waals surface area contributed by atoms with E-state index in [0.717, 1.165) is 17.5 Å². The zero-order chi connectivity index (χ0) is 14.0. The van der Waals surface area contributed by atoms with Crippen LogP contribution in [0.1, 0.15) is 11.1 Å². The molecule has 19 heavy (non-hydrogen) atoms. The molecule has 0 saturated carbocycles. The molecule has 0 aliphatic carbocycles. The number of methoxy groups -OCH3 is 2. The van der Waals surface area contributed by atoms with Crippen LogP contribution in [-0.4, -0.2) is 43.3 Å². The van der Waals surface area contributed by atoms with Crippen LogP contribution in [0, 0.1) is 0 Å². The number of anilines is 1. The second-order valence-corrected chi connectivity index (χ2v) is 4.52. The number of nitrogens with zero attached hydrogens (tertiary/aromatic N) is 1. The van der Waals surface area contributed by atoms with Crippen LogP contribution in [0.5, 0.6) is 11.5 Å². The topological polar surface area (TPSA) is 85.0 Å². The molecular weight excluding hydrogens is 248 g/mol. The Bertz CT molecular complexity index is 502. The Balaban J connectivity index is 2.35. The van der Waals surface area contributed by atoms with Gasteiger partial charge in [-0.15, -0.1) is 0 Å². The molecule has 6 nitrogen and oxygen atoms in total. The summed E-state index contributed by atoms with van der Waals surface area (Å²) in [4.78, 5) is 12.6. The van der Waals surface area contributed by atoms with Crippen LogP contribution in [-0.2, 0) is 17.8 Å². The second-order valence-electron chi connectivity index (χ2n) is 4.52. The molecule has 0 fully saturated rings. The van der Waals surface area contributed by atoms with E-state index in [9.17, 15) is 4.79 Å². The molecule has 1 heterocycles. The maximum atomic E-state index is 10.8. The molecule has 0 spiro atoms. The van der Waals surface area contributed by atoms with Gasteiger partial charge in [-0.2, -0.15) is 0 Å². The lowest BCUT2D eigenvalue weighted by molar-refractivity contribution is -0.138. The number of carboxylic acid groups (broad SMARTS) is 1. The van der Waals surface area contributed by atoms with E-state index < -0.39 is 5.97 Å². The standard InChI is InChI=1S/C13H18N2O4/c1-18-10-5-8-6-15(7-11(16)17)4-3-9(8)12(14)13(10)19-2/h5H,3-4,6-7,14H2,1-2H3,(H,16,17). The van der Waals surface area contributed by atoms with Crippen LogP contribution in [0.2, 0.25) is 0 Å². The van der Waals surface area contributed by atoms with Crippen molar-refractivity contribution in [1.82, 2.24) is 4.90 Å². The van der Waals surface area contributed by atoms with Crippen LogP contribution in [0.4, 0.5) is 5.69 Å². The summed E-state index contributed by atoms with van der Waals surface area (Å²) in [5.74, 6) is 0.306. The summed E-state index contributed by atoms with van der Waals surface area (Å²) < 4.78 is 10.5. The summed E-state index contributed by atoms with van der Waals surface area (Å²) in [5.41, 5.74) is 8.72. The Hall–Kier alpha value is -1.95. The van der Waals surface area contributed by atoms with Gasteiger partial charge >= 0.3 is 5.97 Å². The van der Waals surface area contributed by atoms with Crippen molar-refractivity contribution in [2.24, 2.45) is 0 Å². The van der Waals surface area contributed by atoms with E-state index in [2.05, 4.69) is 0 Å². The Kier molecular flexibility index (Phi) is 3.80. The Morgan fingerprint density at radius 2 is 2.21 bits per heavy atom. The van der Waals surface area contributed by atoms with Gasteiger partial charge in [0.05, 0.1) is 26.5 Å². The van der Waals surface area contributed by atoms with Gasteiger partial charge < -0.3 is 20.3 Å². The number of benzene rings is 1. The number of carboxylic acids is 1. The number of nitrogens with two attached hydrogens (primary N) is 1. The van der Waals surface area contributed by atoms with E-state index in [4.69, 9.17) is 20.3 Å². The highest BCUT2D eigenvalue weighted by atomic mass is 16.5. The molecule has 0 atom stereocenters. The van der Waals surface area contributed by atoms with Gasteiger partial charge in [0.25, 0.3) is 0 Å². The molecule has 0 amide bonds. The van der Waals surface area contributed by atoms with Crippen molar-refractivity contribution in [3.63, 3.8) is 0 Å². The minimum Gasteiger partial charge on any atom is -0.493 e. The average molecular weight is 266 g/mol. The molecule has 0 radical (unpaired) electrons. The van der Waals surface area contributed by atoms with Crippen molar-refractivity contribution in [3.05, 3.63) is 17.2 Å². The lowest BCUT2D eigenvalue weighted by Gasteiger charge is -2.29. The smallest absolute Gasteiger partial charge is 0.317 e. The normalized spacial score (nSPS) is 14.8. The van der Waals surface area contributed by atoms with Crippen molar-refractivity contribution in [2.75, 3.05) is 33.0 Å². The number of hydrogen-bond donors (Lipinski definition) is 2. The molecule has 0 saturated heterocycles. The average Bonchev–Trinajstić information content (AvgIpc) is 2.37. The highest BCUT2D eigenvalue weighted by molar-refractivity contribution is 5.70. The molecule has 6 heteroatoms. The SMILES string of the molecule is COc1cc2c(c(N)c1OC)CCN(CC(=O)O)C2. The van der Waals surface area contributed by atoms with Gasteiger partial charge in [-0.3, -0.25) is 9.69 Å². The number of nitrogen functional groups attached to an aromatic ring is 1. The van der Waals surface area contributed by atoms with E-state index in [-0.39, 0.29) is 6.54 Å². The van der Waals surface area contributed by atoms with Crippen LogP contribution < -0.4 is 15.2 Å². The molecule has 1 aromatic rings. The Labute approximate surface area is 111 Å². The summed E-state index contributed by atoms with van der Waals surface area (Å²) >= 11 is 0. The van der Waals surface area contributed by atoms with Crippen LogP contribution in [0.15, 0.2) is 6.07 Å². The number of fused-ring (bicyclic) bond motifs is 1. The van der Waals surface area contributed by atoms with E-state index in [0.29, 0.717) is 30.3 Å². The maximum Gasteiger partial charge on any atom is 0.317 e. The minimum absolute atomic E-state index is 0.0354. The molecule has 0 aromatic heterocycles. The largest absolute Gasteiger partial charge is 0.493 e. The number of rotatable bonds is 4. The fourth-order valence-corrected chi connectivity index (χ4v) is 2.47. The number of hydrogen-bond acceptors (Lipinski definition) is 5. The quantitative estimate of drug-likeness (QED) is 0.781. The van der Waals surface area contributed by atoms with Crippen molar-refractivity contribution in [3.8, 4) is 11.5 Å². The van der Waals surface area contributed by atoms with Crippen LogP contribution in [0.25, 0.3) is 0 Å². The van der Waals surface area contributed by atoms with Gasteiger partial charge in [0.1, 0.15) is 0 Å². The monoisotopic (exact) mass is 266 g/mol. The van der Waals surface area contributed by atoms with Gasteiger partial charge in [-0.05, 0) is 23.6 Å². The molecule has 2 rings (SSSR count). The van der Waals surface area contributed by atoms with Crippen LogP contribution >= 0.6 is 0 Å². The van der Waals surface area contributed by atoms with Crippen molar-refractivity contribution >= 4 is 11.7 Å². The molecular formula is C13H18N2O4. The molecule has 104 valence electrons.